The molecule has 2 aromatic heterocycles. The first-order chi connectivity index (χ1) is 15.8. The smallest absolute Gasteiger partial charge is 0.244 e. The molecular formula is C23H28N4O4S2. The molecule has 1 fully saturated rings. The van der Waals surface area contributed by atoms with Crippen LogP contribution in [0.1, 0.15) is 41.7 Å². The standard InChI is InChI=1S/C23H28N4O4S2/c1-4-21-25-22(26-31-21)19-13-20(16(3)32-19)33(29,30)27-10-8-18(9-11-27)23(28)24-14-17-7-5-6-15(2)12-17/h5-7,12-13,18H,4,8-11,14H2,1-3H3,(H,24,28). The van der Waals surface area contributed by atoms with E-state index in [0.29, 0.717) is 60.4 Å². The highest BCUT2D eigenvalue weighted by Crippen LogP contribution is 2.35. The number of aromatic nitrogens is 2. The van der Waals surface area contributed by atoms with Gasteiger partial charge in [0.05, 0.1) is 9.77 Å². The lowest BCUT2D eigenvalue weighted by molar-refractivity contribution is -0.126. The van der Waals surface area contributed by atoms with Gasteiger partial charge in [-0.2, -0.15) is 9.29 Å². The van der Waals surface area contributed by atoms with Crippen LogP contribution >= 0.6 is 11.3 Å². The van der Waals surface area contributed by atoms with E-state index < -0.39 is 10.0 Å². The molecule has 1 amide bonds. The lowest BCUT2D eigenvalue weighted by Crippen LogP contribution is -2.42. The summed E-state index contributed by atoms with van der Waals surface area (Å²) in [5, 5.41) is 6.94. The molecule has 33 heavy (non-hydrogen) atoms. The summed E-state index contributed by atoms with van der Waals surface area (Å²) >= 11 is 1.34. The number of thiophene rings is 1. The number of carbonyl (C=O) groups excluding carboxylic acids is 1. The molecule has 0 radical (unpaired) electrons. The second kappa shape index (κ2) is 9.74. The predicted molar refractivity (Wildman–Crippen MR) is 126 cm³/mol. The van der Waals surface area contributed by atoms with Crippen molar-refractivity contribution in [1.82, 2.24) is 19.8 Å². The van der Waals surface area contributed by atoms with Gasteiger partial charge in [0.15, 0.2) is 0 Å². The van der Waals surface area contributed by atoms with Gasteiger partial charge in [-0.25, -0.2) is 8.42 Å². The van der Waals surface area contributed by atoms with E-state index >= 15 is 0 Å². The van der Waals surface area contributed by atoms with E-state index in [2.05, 4.69) is 15.5 Å². The van der Waals surface area contributed by atoms with Gasteiger partial charge >= 0.3 is 0 Å². The highest BCUT2D eigenvalue weighted by Gasteiger charge is 2.34. The third kappa shape index (κ3) is 5.18. The van der Waals surface area contributed by atoms with Gasteiger partial charge in [-0.05, 0) is 38.3 Å². The summed E-state index contributed by atoms with van der Waals surface area (Å²) in [6, 6.07) is 9.64. The van der Waals surface area contributed by atoms with Crippen molar-refractivity contribution in [3.8, 4) is 10.7 Å². The first kappa shape index (κ1) is 23.6. The van der Waals surface area contributed by atoms with Gasteiger partial charge in [0.1, 0.15) is 0 Å². The Balaban J connectivity index is 1.38. The number of benzene rings is 1. The molecule has 0 atom stereocenters. The predicted octanol–water partition coefficient (Wildman–Crippen LogP) is 3.69. The Bertz CT molecular complexity index is 1240. The number of rotatable bonds is 7. The van der Waals surface area contributed by atoms with E-state index in [0.717, 1.165) is 11.1 Å². The van der Waals surface area contributed by atoms with Crippen LogP contribution in [0, 0.1) is 19.8 Å². The number of aryl methyl sites for hydroxylation is 3. The van der Waals surface area contributed by atoms with Crippen LogP contribution in [-0.2, 0) is 27.8 Å². The van der Waals surface area contributed by atoms with Gasteiger partial charge < -0.3 is 9.84 Å². The van der Waals surface area contributed by atoms with Gasteiger partial charge in [-0.1, -0.05) is 41.9 Å². The molecule has 0 saturated carbocycles. The van der Waals surface area contributed by atoms with E-state index in [-0.39, 0.29) is 16.7 Å². The number of sulfonamides is 1. The normalized spacial score (nSPS) is 15.6. The van der Waals surface area contributed by atoms with Crippen molar-refractivity contribution in [2.75, 3.05) is 13.1 Å². The minimum absolute atomic E-state index is 0.0219. The first-order valence-electron chi connectivity index (χ1n) is 11.0. The second-order valence-corrected chi connectivity index (χ2v) is 11.4. The van der Waals surface area contributed by atoms with E-state index in [9.17, 15) is 13.2 Å². The fourth-order valence-corrected chi connectivity index (χ4v) is 6.94. The molecule has 0 bridgehead atoms. The largest absolute Gasteiger partial charge is 0.352 e. The molecule has 10 heteroatoms. The van der Waals surface area contributed by atoms with E-state index in [1.54, 1.807) is 13.0 Å². The lowest BCUT2D eigenvalue weighted by atomic mass is 9.97. The summed E-state index contributed by atoms with van der Waals surface area (Å²) in [6.45, 7) is 6.83. The van der Waals surface area contributed by atoms with Crippen LogP contribution in [0.15, 0.2) is 39.8 Å². The van der Waals surface area contributed by atoms with Gasteiger partial charge in [0, 0.05) is 36.9 Å². The molecule has 1 aliphatic rings. The molecule has 176 valence electrons. The highest BCUT2D eigenvalue weighted by molar-refractivity contribution is 7.89. The fraction of sp³-hybridized carbons (Fsp3) is 0.435. The second-order valence-electron chi connectivity index (χ2n) is 8.28. The summed E-state index contributed by atoms with van der Waals surface area (Å²) in [5.41, 5.74) is 2.21. The Hall–Kier alpha value is -2.56. The molecule has 0 unspecified atom stereocenters. The van der Waals surface area contributed by atoms with Gasteiger partial charge in [0.25, 0.3) is 0 Å². The maximum absolute atomic E-state index is 13.3. The molecule has 3 heterocycles. The van der Waals surface area contributed by atoms with E-state index in [1.165, 1.54) is 15.6 Å². The van der Waals surface area contributed by atoms with Crippen molar-refractivity contribution in [2.24, 2.45) is 5.92 Å². The zero-order chi connectivity index (χ0) is 23.6. The van der Waals surface area contributed by atoms with Crippen molar-refractivity contribution < 1.29 is 17.7 Å². The third-order valence-electron chi connectivity index (χ3n) is 5.85. The van der Waals surface area contributed by atoms with Crippen LogP contribution in [0.4, 0.5) is 0 Å². The quantitative estimate of drug-likeness (QED) is 0.544. The summed E-state index contributed by atoms with van der Waals surface area (Å²) in [5.74, 6) is 0.715. The number of nitrogens with zero attached hydrogens (tertiary/aromatic N) is 3. The maximum atomic E-state index is 13.3. The third-order valence-corrected chi connectivity index (χ3v) is 9.06. The topological polar surface area (TPSA) is 105 Å². The van der Waals surface area contributed by atoms with Crippen LogP contribution < -0.4 is 5.32 Å². The molecule has 1 saturated heterocycles. The summed E-state index contributed by atoms with van der Waals surface area (Å²) < 4.78 is 33.2. The summed E-state index contributed by atoms with van der Waals surface area (Å²) in [6.07, 6.45) is 1.62. The zero-order valence-corrected chi connectivity index (χ0v) is 20.6. The van der Waals surface area contributed by atoms with Crippen molar-refractivity contribution >= 4 is 27.3 Å². The molecule has 1 N–H and O–H groups in total. The Kier molecular flexibility index (Phi) is 6.96. The molecule has 3 aromatic rings. The molecule has 8 nitrogen and oxygen atoms in total. The van der Waals surface area contributed by atoms with Crippen molar-refractivity contribution in [3.63, 3.8) is 0 Å². The number of nitrogens with one attached hydrogen (secondary N) is 1. The van der Waals surface area contributed by atoms with Crippen LogP contribution in [0.2, 0.25) is 0 Å². The Morgan fingerprint density at radius 1 is 1.24 bits per heavy atom. The Labute approximate surface area is 198 Å². The number of piperidine rings is 1. The monoisotopic (exact) mass is 488 g/mol. The average molecular weight is 489 g/mol. The summed E-state index contributed by atoms with van der Waals surface area (Å²) in [7, 11) is -3.66. The van der Waals surface area contributed by atoms with Crippen LogP contribution in [0.5, 0.6) is 0 Å². The molecular weight excluding hydrogens is 460 g/mol. The van der Waals surface area contributed by atoms with E-state index in [1.807, 2.05) is 38.1 Å². The van der Waals surface area contributed by atoms with Crippen LogP contribution in [0.25, 0.3) is 10.7 Å². The Morgan fingerprint density at radius 3 is 2.67 bits per heavy atom. The SMILES string of the molecule is CCc1nc(-c2cc(S(=O)(=O)N3CCC(C(=O)NCc4cccc(C)c4)CC3)c(C)s2)no1. The summed E-state index contributed by atoms with van der Waals surface area (Å²) in [4.78, 5) is 18.5. The van der Waals surface area contributed by atoms with Crippen molar-refractivity contribution in [1.29, 1.82) is 0 Å². The molecule has 0 aliphatic carbocycles. The van der Waals surface area contributed by atoms with Gasteiger partial charge in [0.2, 0.25) is 27.6 Å². The fourth-order valence-electron chi connectivity index (χ4n) is 3.98. The minimum Gasteiger partial charge on any atom is -0.352 e. The molecule has 0 spiro atoms. The van der Waals surface area contributed by atoms with Crippen molar-refractivity contribution in [3.05, 3.63) is 52.2 Å². The number of carbonyl (C=O) groups is 1. The maximum Gasteiger partial charge on any atom is 0.244 e. The van der Waals surface area contributed by atoms with E-state index in [4.69, 9.17) is 4.52 Å². The molecule has 4 rings (SSSR count). The van der Waals surface area contributed by atoms with Crippen LogP contribution in [0.3, 0.4) is 0 Å². The molecule has 1 aliphatic heterocycles. The lowest BCUT2D eigenvalue weighted by Gasteiger charge is -2.30. The minimum atomic E-state index is -3.66. The number of amides is 1. The average Bonchev–Trinajstić information content (AvgIpc) is 3.44. The van der Waals surface area contributed by atoms with Gasteiger partial charge in [-0.3, -0.25) is 4.79 Å². The number of hydrogen-bond acceptors (Lipinski definition) is 7. The van der Waals surface area contributed by atoms with Crippen molar-refractivity contribution in [2.45, 2.75) is 51.5 Å². The zero-order valence-electron chi connectivity index (χ0n) is 19.0. The highest BCUT2D eigenvalue weighted by atomic mass is 32.2. The molecule has 1 aromatic carbocycles. The Morgan fingerprint density at radius 2 is 2.00 bits per heavy atom. The number of hydrogen-bond donors (Lipinski definition) is 1. The van der Waals surface area contributed by atoms with Crippen LogP contribution in [-0.4, -0.2) is 41.9 Å². The first-order valence-corrected chi connectivity index (χ1v) is 13.3. The van der Waals surface area contributed by atoms with Gasteiger partial charge in [-0.15, -0.1) is 11.3 Å².